The lowest BCUT2D eigenvalue weighted by Gasteiger charge is -2.09. The number of carboxylic acid groups (broad SMARTS) is 1. The molecule has 7 nitrogen and oxygen atoms in total. The van der Waals surface area contributed by atoms with Crippen molar-refractivity contribution in [3.05, 3.63) is 30.2 Å². The van der Waals surface area contributed by atoms with E-state index in [4.69, 9.17) is 14.0 Å². The fraction of sp³-hybridized carbons (Fsp3) is 0.250. The highest BCUT2D eigenvalue weighted by Gasteiger charge is 2.16. The summed E-state index contributed by atoms with van der Waals surface area (Å²) < 4.78 is 10.3. The second-order valence-electron chi connectivity index (χ2n) is 3.85. The van der Waals surface area contributed by atoms with Gasteiger partial charge in [-0.3, -0.25) is 4.79 Å². The van der Waals surface area contributed by atoms with Crippen molar-refractivity contribution in [3.63, 3.8) is 0 Å². The molecule has 2 heterocycles. The van der Waals surface area contributed by atoms with Gasteiger partial charge < -0.3 is 19.4 Å². The summed E-state index contributed by atoms with van der Waals surface area (Å²) in [6, 6.07) is 4.32. The number of hydrogen-bond donors (Lipinski definition) is 2. The van der Waals surface area contributed by atoms with Crippen molar-refractivity contribution < 1.29 is 23.6 Å². The molecule has 0 saturated heterocycles. The zero-order chi connectivity index (χ0) is 14.4. The van der Waals surface area contributed by atoms with Crippen LogP contribution in [0.5, 0.6) is 0 Å². The van der Waals surface area contributed by atoms with Crippen LogP contribution in [0.2, 0.25) is 0 Å². The first-order chi connectivity index (χ1) is 9.70. The minimum Gasteiger partial charge on any atom is -0.480 e. The Morgan fingerprint density at radius 2 is 2.40 bits per heavy atom. The average molecular weight is 296 g/mol. The maximum absolute atomic E-state index is 10.8. The molecular formula is C12H12N2O5S. The van der Waals surface area contributed by atoms with E-state index in [9.17, 15) is 9.59 Å². The molecule has 2 N–H and O–H groups in total. The van der Waals surface area contributed by atoms with Crippen LogP contribution >= 0.6 is 11.8 Å². The first kappa shape index (κ1) is 14.2. The molecule has 0 radical (unpaired) electrons. The lowest BCUT2D eigenvalue weighted by Crippen LogP contribution is -2.37. The number of thioether (sulfide) groups is 1. The van der Waals surface area contributed by atoms with Crippen LogP contribution in [-0.2, 0) is 15.3 Å². The molecule has 2 aromatic heterocycles. The van der Waals surface area contributed by atoms with Crippen molar-refractivity contribution in [1.82, 2.24) is 10.5 Å². The number of furan rings is 1. The monoisotopic (exact) mass is 296 g/mol. The van der Waals surface area contributed by atoms with Crippen LogP contribution in [0.15, 0.2) is 33.4 Å². The third-order valence-corrected chi connectivity index (χ3v) is 3.49. The van der Waals surface area contributed by atoms with E-state index in [2.05, 4.69) is 10.5 Å². The maximum Gasteiger partial charge on any atom is 0.327 e. The van der Waals surface area contributed by atoms with Gasteiger partial charge in [0, 0.05) is 17.6 Å². The van der Waals surface area contributed by atoms with Gasteiger partial charge in [0.1, 0.15) is 6.04 Å². The molecule has 2 rings (SSSR count). The zero-order valence-corrected chi connectivity index (χ0v) is 11.1. The molecule has 0 saturated carbocycles. The van der Waals surface area contributed by atoms with E-state index in [-0.39, 0.29) is 5.75 Å². The average Bonchev–Trinajstić information content (AvgIpc) is 3.08. The molecule has 1 atom stereocenters. The standard InChI is InChI=1S/C12H12N2O5S/c15-7-13-9(12(16)17)6-20-5-8-4-11(19-14-8)10-2-1-3-18-10/h1-4,7,9H,5-6H2,(H,13,15)(H,16,17). The third kappa shape index (κ3) is 3.64. The van der Waals surface area contributed by atoms with Gasteiger partial charge in [-0.2, -0.15) is 11.8 Å². The molecular weight excluding hydrogens is 284 g/mol. The van der Waals surface area contributed by atoms with Gasteiger partial charge in [0.2, 0.25) is 12.2 Å². The Labute approximate surface area is 118 Å². The predicted molar refractivity (Wildman–Crippen MR) is 71.0 cm³/mol. The molecule has 0 aliphatic rings. The van der Waals surface area contributed by atoms with Crippen molar-refractivity contribution in [1.29, 1.82) is 0 Å². The highest BCUT2D eigenvalue weighted by atomic mass is 32.2. The van der Waals surface area contributed by atoms with Crippen LogP contribution < -0.4 is 5.32 Å². The van der Waals surface area contributed by atoms with E-state index in [0.717, 1.165) is 0 Å². The van der Waals surface area contributed by atoms with E-state index >= 15 is 0 Å². The zero-order valence-electron chi connectivity index (χ0n) is 10.3. The molecule has 0 fully saturated rings. The molecule has 0 bridgehead atoms. The van der Waals surface area contributed by atoms with Crippen LogP contribution in [0.3, 0.4) is 0 Å². The quantitative estimate of drug-likeness (QED) is 0.708. The summed E-state index contributed by atoms with van der Waals surface area (Å²) in [4.78, 5) is 21.1. The van der Waals surface area contributed by atoms with Gasteiger partial charge in [0.25, 0.3) is 0 Å². The van der Waals surface area contributed by atoms with Gasteiger partial charge in [-0.1, -0.05) is 5.16 Å². The van der Waals surface area contributed by atoms with E-state index in [1.165, 1.54) is 18.0 Å². The molecule has 1 unspecified atom stereocenters. The number of hydrogen-bond acceptors (Lipinski definition) is 6. The number of carbonyl (C=O) groups excluding carboxylic acids is 1. The van der Waals surface area contributed by atoms with E-state index in [1.807, 2.05) is 0 Å². The Morgan fingerprint density at radius 3 is 3.05 bits per heavy atom. The number of amides is 1. The predicted octanol–water partition coefficient (Wildman–Crippen LogP) is 1.37. The van der Waals surface area contributed by atoms with E-state index in [0.29, 0.717) is 29.4 Å². The normalized spacial score (nSPS) is 12.0. The van der Waals surface area contributed by atoms with Gasteiger partial charge in [-0.25, -0.2) is 4.79 Å². The largest absolute Gasteiger partial charge is 0.480 e. The molecule has 106 valence electrons. The minimum absolute atomic E-state index is 0.247. The van der Waals surface area contributed by atoms with Crippen LogP contribution in [-0.4, -0.2) is 34.4 Å². The van der Waals surface area contributed by atoms with Crippen molar-refractivity contribution >= 4 is 24.1 Å². The fourth-order valence-electron chi connectivity index (χ4n) is 1.47. The lowest BCUT2D eigenvalue weighted by molar-refractivity contribution is -0.139. The minimum atomic E-state index is -1.07. The summed E-state index contributed by atoms with van der Waals surface area (Å²) >= 11 is 1.34. The Morgan fingerprint density at radius 1 is 1.55 bits per heavy atom. The van der Waals surface area contributed by atoms with Crippen LogP contribution in [0.25, 0.3) is 11.5 Å². The van der Waals surface area contributed by atoms with Crippen LogP contribution in [0.1, 0.15) is 5.69 Å². The second kappa shape index (κ2) is 6.80. The van der Waals surface area contributed by atoms with Gasteiger partial charge in [-0.05, 0) is 12.1 Å². The smallest absolute Gasteiger partial charge is 0.327 e. The highest BCUT2D eigenvalue weighted by Crippen LogP contribution is 2.22. The summed E-state index contributed by atoms with van der Waals surface area (Å²) in [6.45, 7) is 0. The Bertz CT molecular complexity index is 566. The molecule has 1 amide bonds. The van der Waals surface area contributed by atoms with E-state index < -0.39 is 12.0 Å². The summed E-state index contributed by atoms with van der Waals surface area (Å²) in [7, 11) is 0. The van der Waals surface area contributed by atoms with Gasteiger partial charge in [-0.15, -0.1) is 0 Å². The van der Waals surface area contributed by atoms with Crippen LogP contribution in [0, 0.1) is 0 Å². The summed E-state index contributed by atoms with van der Waals surface area (Å²) in [5, 5.41) is 15.0. The number of rotatable bonds is 8. The molecule has 0 spiro atoms. The maximum atomic E-state index is 10.8. The number of aliphatic carboxylic acids is 1. The van der Waals surface area contributed by atoms with E-state index in [1.54, 1.807) is 18.2 Å². The van der Waals surface area contributed by atoms with Crippen molar-refractivity contribution in [2.24, 2.45) is 0 Å². The molecule has 8 heteroatoms. The van der Waals surface area contributed by atoms with Gasteiger partial charge in [0.15, 0.2) is 5.76 Å². The highest BCUT2D eigenvalue weighted by molar-refractivity contribution is 7.98. The number of aromatic nitrogens is 1. The summed E-state index contributed by atoms with van der Waals surface area (Å²) in [5.74, 6) is 0.762. The number of carbonyl (C=O) groups is 2. The Kier molecular flexibility index (Phi) is 4.83. The first-order valence-electron chi connectivity index (χ1n) is 5.70. The van der Waals surface area contributed by atoms with Crippen molar-refractivity contribution in [2.45, 2.75) is 11.8 Å². The van der Waals surface area contributed by atoms with Crippen molar-refractivity contribution in [3.8, 4) is 11.5 Å². The molecule has 0 aliphatic heterocycles. The molecule has 0 aromatic carbocycles. The Balaban J connectivity index is 1.85. The molecule has 20 heavy (non-hydrogen) atoms. The number of nitrogens with one attached hydrogen (secondary N) is 1. The van der Waals surface area contributed by atoms with Crippen LogP contribution in [0.4, 0.5) is 0 Å². The molecule has 0 aliphatic carbocycles. The Hall–Kier alpha value is -2.22. The topological polar surface area (TPSA) is 106 Å². The van der Waals surface area contributed by atoms with Gasteiger partial charge >= 0.3 is 5.97 Å². The first-order valence-corrected chi connectivity index (χ1v) is 6.86. The second-order valence-corrected chi connectivity index (χ2v) is 4.88. The fourth-order valence-corrected chi connectivity index (χ4v) is 2.41. The lowest BCUT2D eigenvalue weighted by atomic mass is 10.3. The summed E-state index contributed by atoms with van der Waals surface area (Å²) in [6.07, 6.45) is 1.92. The number of carboxylic acids is 1. The third-order valence-electron chi connectivity index (χ3n) is 2.42. The SMILES string of the molecule is O=CNC(CSCc1cc(-c2ccco2)on1)C(=O)O. The van der Waals surface area contributed by atoms with Gasteiger partial charge in [0.05, 0.1) is 12.0 Å². The molecule has 2 aromatic rings. The van der Waals surface area contributed by atoms with Crippen molar-refractivity contribution in [2.75, 3.05) is 5.75 Å². The summed E-state index contributed by atoms with van der Waals surface area (Å²) in [5.41, 5.74) is 0.677. The number of nitrogens with zero attached hydrogens (tertiary/aromatic N) is 1.